The van der Waals surface area contributed by atoms with E-state index >= 15 is 0 Å². The molecule has 0 amide bonds. The van der Waals surface area contributed by atoms with Gasteiger partial charge in [0.05, 0.1) is 21.1 Å². The van der Waals surface area contributed by atoms with E-state index in [1.165, 1.54) is 52.4 Å². The van der Waals surface area contributed by atoms with E-state index in [2.05, 4.69) is 144 Å². The van der Waals surface area contributed by atoms with E-state index in [4.69, 9.17) is 8.83 Å². The Morgan fingerprint density at radius 1 is 0.353 bits per heavy atom. The molecule has 0 saturated carbocycles. The number of thiophene rings is 2. The Hall–Kier alpha value is -6.14. The molecule has 240 valence electrons. The van der Waals surface area contributed by atoms with Gasteiger partial charge in [-0.2, -0.15) is 0 Å². The predicted molar refractivity (Wildman–Crippen MR) is 217 cm³/mol. The van der Waals surface area contributed by atoms with Crippen molar-refractivity contribution in [1.29, 1.82) is 0 Å². The van der Waals surface area contributed by atoms with E-state index < -0.39 is 0 Å². The van der Waals surface area contributed by atoms with E-state index in [-0.39, 0.29) is 0 Å². The third-order valence-corrected chi connectivity index (χ3v) is 12.3. The Balaban J connectivity index is 1.23. The average molecular weight is 690 g/mol. The van der Waals surface area contributed by atoms with Crippen molar-refractivity contribution in [2.45, 2.75) is 0 Å². The summed E-state index contributed by atoms with van der Waals surface area (Å²) in [6.45, 7) is 0. The normalized spacial score (nSPS) is 11.9. The second kappa shape index (κ2) is 11.2. The van der Waals surface area contributed by atoms with Gasteiger partial charge in [0.15, 0.2) is 0 Å². The molecule has 0 fully saturated rings. The molecule has 7 aromatic carbocycles. The lowest BCUT2D eigenvalue weighted by Gasteiger charge is -2.27. The Bertz CT molecular complexity index is 2920. The number of rotatable bonds is 5. The lowest BCUT2D eigenvalue weighted by atomic mass is 10.0. The van der Waals surface area contributed by atoms with Crippen LogP contribution in [0.2, 0.25) is 0 Å². The van der Waals surface area contributed by atoms with E-state index in [0.717, 1.165) is 49.6 Å². The second-order valence-electron chi connectivity index (χ2n) is 12.8. The summed E-state index contributed by atoms with van der Waals surface area (Å²) in [5.74, 6) is 0. The van der Waals surface area contributed by atoms with E-state index in [1.807, 2.05) is 46.9 Å². The zero-order valence-corrected chi connectivity index (χ0v) is 28.8. The maximum Gasteiger partial charge on any atom is 0.135 e. The number of para-hydroxylation sites is 3. The van der Waals surface area contributed by atoms with Gasteiger partial charge in [-0.15, -0.1) is 22.7 Å². The molecule has 0 unspecified atom stereocenters. The first-order valence-corrected chi connectivity index (χ1v) is 18.6. The van der Waals surface area contributed by atoms with Crippen molar-refractivity contribution in [1.82, 2.24) is 0 Å². The highest BCUT2D eigenvalue weighted by Gasteiger charge is 2.28. The molecule has 0 radical (unpaired) electrons. The molecular formula is C46H27NO2S2. The topological polar surface area (TPSA) is 29.5 Å². The van der Waals surface area contributed by atoms with Crippen LogP contribution >= 0.6 is 22.7 Å². The van der Waals surface area contributed by atoms with Crippen molar-refractivity contribution in [3.05, 3.63) is 164 Å². The number of hydrogen-bond acceptors (Lipinski definition) is 5. The molecule has 5 heteroatoms. The quantitative estimate of drug-likeness (QED) is 0.180. The van der Waals surface area contributed by atoms with Crippen molar-refractivity contribution >= 4 is 104 Å². The van der Waals surface area contributed by atoms with E-state index in [0.29, 0.717) is 0 Å². The molecule has 0 aliphatic carbocycles. The van der Waals surface area contributed by atoms with Crippen molar-refractivity contribution in [3.8, 4) is 20.9 Å². The van der Waals surface area contributed by atoms with Gasteiger partial charge in [0.2, 0.25) is 0 Å². The third-order valence-electron chi connectivity index (χ3n) is 9.88. The molecule has 11 rings (SSSR count). The van der Waals surface area contributed by atoms with E-state index in [1.54, 1.807) is 0 Å². The monoisotopic (exact) mass is 689 g/mol. The van der Waals surface area contributed by atoms with Gasteiger partial charge in [-0.25, -0.2) is 0 Å². The molecule has 11 aromatic rings. The molecule has 0 atom stereocenters. The lowest BCUT2D eigenvalue weighted by Crippen LogP contribution is -2.11. The largest absolute Gasteiger partial charge is 0.456 e. The molecule has 0 saturated heterocycles. The molecule has 0 bridgehead atoms. The third kappa shape index (κ3) is 4.42. The lowest BCUT2D eigenvalue weighted by molar-refractivity contribution is 0.668. The second-order valence-corrected chi connectivity index (χ2v) is 14.9. The van der Waals surface area contributed by atoms with Crippen LogP contribution < -0.4 is 4.90 Å². The van der Waals surface area contributed by atoms with Crippen LogP contribution in [0.25, 0.3) is 84.9 Å². The van der Waals surface area contributed by atoms with Gasteiger partial charge in [0.1, 0.15) is 22.3 Å². The minimum Gasteiger partial charge on any atom is -0.456 e. The first kappa shape index (κ1) is 28.7. The smallest absolute Gasteiger partial charge is 0.135 e. The van der Waals surface area contributed by atoms with Gasteiger partial charge >= 0.3 is 0 Å². The number of furan rings is 2. The Morgan fingerprint density at radius 3 is 1.27 bits per heavy atom. The van der Waals surface area contributed by atoms with Crippen LogP contribution in [0.15, 0.2) is 173 Å². The molecule has 4 heterocycles. The molecule has 51 heavy (non-hydrogen) atoms. The first-order chi connectivity index (χ1) is 25.3. The molecular weight excluding hydrogens is 663 g/mol. The van der Waals surface area contributed by atoms with Crippen molar-refractivity contribution in [2.75, 3.05) is 4.90 Å². The van der Waals surface area contributed by atoms with Gasteiger partial charge in [0.25, 0.3) is 0 Å². The summed E-state index contributed by atoms with van der Waals surface area (Å²) in [7, 11) is 0. The van der Waals surface area contributed by atoms with Gasteiger partial charge in [-0.3, -0.25) is 0 Å². The summed E-state index contributed by atoms with van der Waals surface area (Å²) in [6, 6.07) is 58.4. The van der Waals surface area contributed by atoms with Crippen molar-refractivity contribution in [2.24, 2.45) is 0 Å². The fourth-order valence-corrected chi connectivity index (χ4v) is 9.95. The molecule has 0 N–H and O–H groups in total. The Morgan fingerprint density at radius 2 is 0.765 bits per heavy atom. The molecule has 0 aliphatic heterocycles. The van der Waals surface area contributed by atoms with Crippen LogP contribution in [-0.4, -0.2) is 0 Å². The highest BCUT2D eigenvalue weighted by Crippen LogP contribution is 2.56. The van der Waals surface area contributed by atoms with Gasteiger partial charge in [-0.05, 0) is 83.9 Å². The van der Waals surface area contributed by atoms with Crippen LogP contribution in [-0.2, 0) is 0 Å². The minimum absolute atomic E-state index is 0.899. The fourth-order valence-electron chi connectivity index (χ4n) is 7.58. The van der Waals surface area contributed by atoms with E-state index in [9.17, 15) is 0 Å². The van der Waals surface area contributed by atoms with Gasteiger partial charge < -0.3 is 13.7 Å². The summed E-state index contributed by atoms with van der Waals surface area (Å²) in [4.78, 5) is 4.94. The van der Waals surface area contributed by atoms with Crippen LogP contribution in [0.3, 0.4) is 0 Å². The average Bonchev–Trinajstić information content (AvgIpc) is 3.96. The number of nitrogens with zero attached hydrogens (tertiary/aromatic N) is 1. The van der Waals surface area contributed by atoms with Gasteiger partial charge in [0, 0.05) is 47.4 Å². The number of hydrogen-bond donors (Lipinski definition) is 0. The molecule has 0 spiro atoms. The summed E-state index contributed by atoms with van der Waals surface area (Å²) in [5.41, 5.74) is 9.40. The summed E-state index contributed by atoms with van der Waals surface area (Å²) < 4.78 is 15.0. The predicted octanol–water partition coefficient (Wildman–Crippen LogP) is 14.7. The van der Waals surface area contributed by atoms with Crippen LogP contribution in [0.1, 0.15) is 0 Å². The number of fused-ring (bicyclic) bond motifs is 8. The highest BCUT2D eigenvalue weighted by atomic mass is 32.1. The highest BCUT2D eigenvalue weighted by molar-refractivity contribution is 7.24. The molecule has 3 nitrogen and oxygen atoms in total. The first-order valence-electron chi connectivity index (χ1n) is 17.0. The summed E-state index contributed by atoms with van der Waals surface area (Å²) in [6.07, 6.45) is 0. The fraction of sp³-hybridized carbons (Fsp3) is 0. The number of benzene rings is 7. The summed E-state index contributed by atoms with van der Waals surface area (Å²) >= 11 is 3.69. The van der Waals surface area contributed by atoms with Gasteiger partial charge in [-0.1, -0.05) is 91.0 Å². The van der Waals surface area contributed by atoms with Crippen LogP contribution in [0.5, 0.6) is 0 Å². The zero-order chi connectivity index (χ0) is 33.5. The van der Waals surface area contributed by atoms with Crippen molar-refractivity contribution < 1.29 is 8.83 Å². The van der Waals surface area contributed by atoms with Crippen LogP contribution in [0, 0.1) is 0 Å². The number of anilines is 3. The maximum atomic E-state index is 6.26. The van der Waals surface area contributed by atoms with Crippen molar-refractivity contribution in [3.63, 3.8) is 0 Å². The zero-order valence-electron chi connectivity index (χ0n) is 27.2. The Kier molecular flexibility index (Phi) is 6.29. The minimum atomic E-state index is 0.899. The van der Waals surface area contributed by atoms with Crippen LogP contribution in [0.4, 0.5) is 17.1 Å². The standard InChI is InChI=1S/C46H27NO2S2/c1-2-12-30(13-3-1)47(43-33-16-6-10-20-41(33)50-45(43)28-22-24-39-35(26-28)31-14-4-8-18-37(31)48-39)44-34-17-7-11-21-42(34)51-46(44)29-23-25-40-36(27-29)32-15-5-9-19-38(32)49-40/h1-27H. The molecule has 0 aliphatic rings. The summed E-state index contributed by atoms with van der Waals surface area (Å²) in [5, 5.41) is 6.95. The maximum absolute atomic E-state index is 6.26. The molecule has 4 aromatic heterocycles. The SMILES string of the molecule is c1ccc(N(c2c(-c3ccc4oc5ccccc5c4c3)sc3ccccc23)c2c(-c3ccc4oc5ccccc5c4c3)sc3ccccc23)cc1. The Labute approximate surface area is 300 Å².